The first-order chi connectivity index (χ1) is 10.2. The van der Waals surface area contributed by atoms with Gasteiger partial charge in [-0.05, 0) is 39.3 Å². The number of hydrogen-bond acceptors (Lipinski definition) is 2. The average Bonchev–Trinajstić information content (AvgIpc) is 2.70. The van der Waals surface area contributed by atoms with Crippen LogP contribution in [0.4, 0.5) is 4.79 Å². The summed E-state index contributed by atoms with van der Waals surface area (Å²) >= 11 is 12.2. The molecular formula is C16H20Cl2N2O2. The highest BCUT2D eigenvalue weighted by atomic mass is 35.5. The van der Waals surface area contributed by atoms with Gasteiger partial charge in [-0.25, -0.2) is 4.79 Å². The van der Waals surface area contributed by atoms with Crippen molar-refractivity contribution in [2.75, 3.05) is 6.54 Å². The van der Waals surface area contributed by atoms with Crippen LogP contribution in [-0.2, 0) is 11.2 Å². The Morgan fingerprint density at radius 1 is 1.32 bits per heavy atom. The molecule has 4 nitrogen and oxygen atoms in total. The van der Waals surface area contributed by atoms with E-state index in [1.165, 1.54) is 0 Å². The van der Waals surface area contributed by atoms with E-state index in [-0.39, 0.29) is 0 Å². The van der Waals surface area contributed by atoms with Gasteiger partial charge in [-0.3, -0.25) is 0 Å². The SMILES string of the molecule is Cc1c(CCNC(=O)OC(C)(C)C)[nH]c2c(Cl)c(Cl)ccc12. The molecule has 22 heavy (non-hydrogen) atoms. The van der Waals surface area contributed by atoms with Gasteiger partial charge in [-0.1, -0.05) is 29.3 Å². The molecule has 1 amide bonds. The molecule has 0 spiro atoms. The van der Waals surface area contributed by atoms with Crippen LogP contribution in [0.1, 0.15) is 32.0 Å². The first kappa shape index (κ1) is 17.0. The first-order valence-corrected chi connectivity index (χ1v) is 7.86. The fraction of sp³-hybridized carbons (Fsp3) is 0.438. The highest BCUT2D eigenvalue weighted by Crippen LogP contribution is 2.33. The van der Waals surface area contributed by atoms with Gasteiger partial charge in [0.25, 0.3) is 0 Å². The molecule has 0 saturated heterocycles. The molecule has 2 rings (SSSR count). The van der Waals surface area contributed by atoms with Gasteiger partial charge in [-0.15, -0.1) is 0 Å². The van der Waals surface area contributed by atoms with Crippen molar-refractivity contribution in [3.05, 3.63) is 33.4 Å². The topological polar surface area (TPSA) is 54.1 Å². The third-order valence-electron chi connectivity index (χ3n) is 3.27. The highest BCUT2D eigenvalue weighted by Gasteiger charge is 2.16. The van der Waals surface area contributed by atoms with Crippen LogP contribution < -0.4 is 5.32 Å². The Labute approximate surface area is 140 Å². The molecule has 6 heteroatoms. The van der Waals surface area contributed by atoms with E-state index in [4.69, 9.17) is 27.9 Å². The molecule has 1 aromatic carbocycles. The van der Waals surface area contributed by atoms with Gasteiger partial charge < -0.3 is 15.0 Å². The minimum atomic E-state index is -0.495. The van der Waals surface area contributed by atoms with Crippen molar-refractivity contribution in [1.29, 1.82) is 0 Å². The van der Waals surface area contributed by atoms with E-state index in [1.54, 1.807) is 6.07 Å². The molecule has 120 valence electrons. The number of rotatable bonds is 3. The van der Waals surface area contributed by atoms with Crippen LogP contribution in [0, 0.1) is 6.92 Å². The second kappa shape index (κ2) is 6.39. The lowest BCUT2D eigenvalue weighted by molar-refractivity contribution is 0.0528. The van der Waals surface area contributed by atoms with Gasteiger partial charge in [0.1, 0.15) is 5.60 Å². The Hall–Kier alpha value is -1.39. The Morgan fingerprint density at radius 3 is 2.64 bits per heavy atom. The van der Waals surface area contributed by atoms with Crippen molar-refractivity contribution in [1.82, 2.24) is 10.3 Å². The third-order valence-corrected chi connectivity index (χ3v) is 4.07. The van der Waals surface area contributed by atoms with Crippen LogP contribution in [0.25, 0.3) is 10.9 Å². The molecule has 0 aliphatic rings. The van der Waals surface area contributed by atoms with E-state index in [0.717, 1.165) is 22.2 Å². The number of alkyl carbamates (subject to hydrolysis) is 1. The summed E-state index contributed by atoms with van der Waals surface area (Å²) in [4.78, 5) is 14.9. The van der Waals surface area contributed by atoms with Gasteiger partial charge in [-0.2, -0.15) is 0 Å². The quantitative estimate of drug-likeness (QED) is 0.837. The minimum Gasteiger partial charge on any atom is -0.444 e. The van der Waals surface area contributed by atoms with Gasteiger partial charge in [0.05, 0.1) is 15.6 Å². The zero-order chi connectivity index (χ0) is 16.5. The normalized spacial score (nSPS) is 11.7. The van der Waals surface area contributed by atoms with Gasteiger partial charge in [0.15, 0.2) is 0 Å². The number of hydrogen-bond donors (Lipinski definition) is 2. The van der Waals surface area contributed by atoms with Crippen molar-refractivity contribution < 1.29 is 9.53 Å². The number of ether oxygens (including phenoxy) is 1. The van der Waals surface area contributed by atoms with Gasteiger partial charge >= 0.3 is 6.09 Å². The van der Waals surface area contributed by atoms with Crippen molar-refractivity contribution in [2.45, 2.75) is 39.7 Å². The summed E-state index contributed by atoms with van der Waals surface area (Å²) in [6, 6.07) is 3.73. The van der Waals surface area contributed by atoms with Gasteiger partial charge in [0, 0.05) is 24.0 Å². The molecule has 1 aromatic heterocycles. The third kappa shape index (κ3) is 3.87. The van der Waals surface area contributed by atoms with Crippen LogP contribution in [-0.4, -0.2) is 23.2 Å². The van der Waals surface area contributed by atoms with E-state index in [1.807, 2.05) is 33.8 Å². The van der Waals surface area contributed by atoms with Crippen molar-refractivity contribution in [3.63, 3.8) is 0 Å². The Kier molecular flexibility index (Phi) is 4.93. The molecule has 1 heterocycles. The van der Waals surface area contributed by atoms with E-state index < -0.39 is 11.7 Å². The van der Waals surface area contributed by atoms with E-state index >= 15 is 0 Å². The maximum Gasteiger partial charge on any atom is 0.407 e. The number of fused-ring (bicyclic) bond motifs is 1. The number of benzene rings is 1. The summed E-state index contributed by atoms with van der Waals surface area (Å²) in [5.74, 6) is 0. The molecule has 0 fully saturated rings. The summed E-state index contributed by atoms with van der Waals surface area (Å²) < 4.78 is 5.20. The second-order valence-electron chi connectivity index (χ2n) is 6.19. The zero-order valence-electron chi connectivity index (χ0n) is 13.1. The van der Waals surface area contributed by atoms with Crippen molar-refractivity contribution in [2.24, 2.45) is 0 Å². The molecule has 0 aliphatic heterocycles. The molecule has 0 bridgehead atoms. The number of aromatic amines is 1. The molecule has 0 radical (unpaired) electrons. The Morgan fingerprint density at radius 2 is 2.00 bits per heavy atom. The van der Waals surface area contributed by atoms with E-state index in [2.05, 4.69) is 10.3 Å². The number of halogens is 2. The minimum absolute atomic E-state index is 0.414. The maximum absolute atomic E-state index is 11.6. The summed E-state index contributed by atoms with van der Waals surface area (Å²) in [7, 11) is 0. The number of nitrogens with one attached hydrogen (secondary N) is 2. The van der Waals surface area contributed by atoms with Gasteiger partial charge in [0.2, 0.25) is 0 Å². The first-order valence-electron chi connectivity index (χ1n) is 7.11. The zero-order valence-corrected chi connectivity index (χ0v) is 14.7. The smallest absolute Gasteiger partial charge is 0.407 e. The fourth-order valence-corrected chi connectivity index (χ4v) is 2.62. The molecule has 0 aliphatic carbocycles. The highest BCUT2D eigenvalue weighted by molar-refractivity contribution is 6.45. The lowest BCUT2D eigenvalue weighted by Crippen LogP contribution is -2.33. The van der Waals surface area contributed by atoms with Crippen LogP contribution in [0.5, 0.6) is 0 Å². The summed E-state index contributed by atoms with van der Waals surface area (Å²) in [6.45, 7) is 8.00. The second-order valence-corrected chi connectivity index (χ2v) is 6.98. The number of aromatic nitrogens is 1. The maximum atomic E-state index is 11.6. The number of H-pyrrole nitrogens is 1. The van der Waals surface area contributed by atoms with E-state index in [0.29, 0.717) is 23.0 Å². The molecule has 0 unspecified atom stereocenters. The van der Waals surface area contributed by atoms with Crippen LogP contribution in [0.15, 0.2) is 12.1 Å². The van der Waals surface area contributed by atoms with E-state index in [9.17, 15) is 4.79 Å². The standard InChI is InChI=1S/C16H20Cl2N2O2/c1-9-10-5-6-11(17)13(18)14(10)20-12(9)7-8-19-15(21)22-16(2,3)4/h5-6,20H,7-8H2,1-4H3,(H,19,21). The molecule has 2 aromatic rings. The Balaban J connectivity index is 2.05. The van der Waals surface area contributed by atoms with Crippen LogP contribution in [0.3, 0.4) is 0 Å². The number of aryl methyl sites for hydroxylation is 1. The fourth-order valence-electron chi connectivity index (χ4n) is 2.25. The van der Waals surface area contributed by atoms with Crippen LogP contribution in [0.2, 0.25) is 10.0 Å². The van der Waals surface area contributed by atoms with Crippen LogP contribution >= 0.6 is 23.2 Å². The Bertz CT molecular complexity index is 702. The average molecular weight is 343 g/mol. The summed E-state index contributed by atoms with van der Waals surface area (Å²) in [5, 5.41) is 4.83. The largest absolute Gasteiger partial charge is 0.444 e. The molecular weight excluding hydrogens is 323 g/mol. The van der Waals surface area contributed by atoms with Crippen molar-refractivity contribution >= 4 is 40.2 Å². The number of carbonyl (C=O) groups excluding carboxylic acids is 1. The van der Waals surface area contributed by atoms with Crippen molar-refractivity contribution in [3.8, 4) is 0 Å². The summed E-state index contributed by atoms with van der Waals surface area (Å²) in [5.41, 5.74) is 2.47. The molecule has 0 atom stereocenters. The monoisotopic (exact) mass is 342 g/mol. The summed E-state index contributed by atoms with van der Waals surface area (Å²) in [6.07, 6.45) is 0.246. The lowest BCUT2D eigenvalue weighted by atomic mass is 10.1. The number of amides is 1. The molecule has 2 N–H and O–H groups in total. The predicted octanol–water partition coefficient (Wildman–Crippen LogP) is 4.85. The molecule has 0 saturated carbocycles. The lowest BCUT2D eigenvalue weighted by Gasteiger charge is -2.19. The predicted molar refractivity (Wildman–Crippen MR) is 91.0 cm³/mol. The number of carbonyl (C=O) groups is 1.